The number of rotatable bonds is 7. The third-order valence-corrected chi connectivity index (χ3v) is 7.38. The molecule has 0 amide bonds. The van der Waals surface area contributed by atoms with Crippen molar-refractivity contribution >= 4 is 51.6 Å². The maximum Gasteiger partial charge on any atom is 0.316 e. The molecule has 4 rings (SSSR count). The Kier molecular flexibility index (Phi) is 7.20. The van der Waals surface area contributed by atoms with Gasteiger partial charge in [-0.25, -0.2) is 4.98 Å². The molecular formula is C24H23N3O4S3. The summed E-state index contributed by atoms with van der Waals surface area (Å²) in [4.78, 5) is 30.8. The summed E-state index contributed by atoms with van der Waals surface area (Å²) >= 11 is 8.02. The first kappa shape index (κ1) is 24.2. The Hall–Kier alpha value is -2.95. The van der Waals surface area contributed by atoms with E-state index in [2.05, 4.69) is 6.07 Å². The number of methoxy groups -OCH3 is 1. The fourth-order valence-electron chi connectivity index (χ4n) is 3.65. The highest BCUT2D eigenvalue weighted by molar-refractivity contribution is 7.99. The molecule has 176 valence electrons. The maximum atomic E-state index is 13.8. The van der Waals surface area contributed by atoms with Gasteiger partial charge in [0.15, 0.2) is 14.8 Å². The van der Waals surface area contributed by atoms with Crippen LogP contribution in [0.3, 0.4) is 0 Å². The quantitative estimate of drug-likeness (QED) is 0.145. The fourth-order valence-corrected chi connectivity index (χ4v) is 5.74. The second-order valence-corrected chi connectivity index (χ2v) is 10.0. The van der Waals surface area contributed by atoms with Gasteiger partial charge in [0.2, 0.25) is 0 Å². The van der Waals surface area contributed by atoms with Crippen LogP contribution in [0, 0.1) is 17.8 Å². The summed E-state index contributed by atoms with van der Waals surface area (Å²) in [5.74, 6) is 0.140. The van der Waals surface area contributed by atoms with Crippen LogP contribution in [0.15, 0.2) is 52.4 Å². The Labute approximate surface area is 210 Å². The largest absolute Gasteiger partial charge is 0.495 e. The fraction of sp³-hybridized carbons (Fsp3) is 0.250. The summed E-state index contributed by atoms with van der Waals surface area (Å²) in [6.45, 7) is 6.05. The molecule has 7 nitrogen and oxygen atoms in total. The molecule has 0 N–H and O–H groups in total. The average molecular weight is 514 g/mol. The van der Waals surface area contributed by atoms with Gasteiger partial charge in [-0.2, -0.15) is 0 Å². The topological polar surface area (TPSA) is 75.4 Å². The first-order valence-electron chi connectivity index (χ1n) is 10.5. The van der Waals surface area contributed by atoms with Gasteiger partial charge in [-0.15, -0.1) is 0 Å². The van der Waals surface area contributed by atoms with Crippen LogP contribution in [-0.4, -0.2) is 39.6 Å². The van der Waals surface area contributed by atoms with E-state index >= 15 is 0 Å². The minimum absolute atomic E-state index is 0.00929. The summed E-state index contributed by atoms with van der Waals surface area (Å²) in [7, 11) is 1.54. The van der Waals surface area contributed by atoms with Crippen molar-refractivity contribution in [1.29, 1.82) is 0 Å². The van der Waals surface area contributed by atoms with Gasteiger partial charge in [0.25, 0.3) is 5.56 Å². The number of fused-ring (bicyclic) bond motifs is 1. The van der Waals surface area contributed by atoms with E-state index in [1.165, 1.54) is 15.9 Å². The third-order valence-electron chi connectivity index (χ3n) is 5.12. The van der Waals surface area contributed by atoms with E-state index in [0.29, 0.717) is 30.9 Å². The van der Waals surface area contributed by atoms with Crippen molar-refractivity contribution in [2.75, 3.05) is 19.5 Å². The smallest absolute Gasteiger partial charge is 0.316 e. The lowest BCUT2D eigenvalue weighted by Gasteiger charge is -2.15. The number of benzene rings is 2. The Bertz CT molecular complexity index is 1500. The summed E-state index contributed by atoms with van der Waals surface area (Å²) < 4.78 is 14.8. The van der Waals surface area contributed by atoms with E-state index < -0.39 is 0 Å². The van der Waals surface area contributed by atoms with Crippen LogP contribution in [-0.2, 0) is 9.53 Å². The van der Waals surface area contributed by atoms with E-state index in [-0.39, 0.29) is 23.9 Å². The maximum absolute atomic E-state index is 13.8. The molecule has 0 unspecified atom stereocenters. The van der Waals surface area contributed by atoms with Crippen LogP contribution in [0.4, 0.5) is 0 Å². The SMILES string of the molecule is CCOC(=O)CSc1nc2c(sc(=S)n2-c2ccc(C)cc2C)c(=O)n1-c1ccccc1OC. The molecule has 0 saturated carbocycles. The number of para-hydroxylation sites is 2. The molecule has 0 atom stereocenters. The van der Waals surface area contributed by atoms with Crippen LogP contribution in [0.2, 0.25) is 0 Å². The lowest BCUT2D eigenvalue weighted by molar-refractivity contribution is -0.139. The zero-order chi connectivity index (χ0) is 24.4. The van der Waals surface area contributed by atoms with E-state index in [0.717, 1.165) is 28.6 Å². The molecule has 0 aliphatic carbocycles. The molecule has 0 radical (unpaired) electrons. The number of aryl methyl sites for hydroxylation is 2. The van der Waals surface area contributed by atoms with Crippen LogP contribution >= 0.6 is 35.3 Å². The summed E-state index contributed by atoms with van der Waals surface area (Å²) in [6, 6.07) is 13.2. The van der Waals surface area contributed by atoms with Crippen LogP contribution in [0.1, 0.15) is 18.1 Å². The zero-order valence-corrected chi connectivity index (χ0v) is 21.6. The van der Waals surface area contributed by atoms with E-state index in [4.69, 9.17) is 26.7 Å². The van der Waals surface area contributed by atoms with Crippen molar-refractivity contribution in [3.63, 3.8) is 0 Å². The molecule has 2 heterocycles. The van der Waals surface area contributed by atoms with Crippen LogP contribution < -0.4 is 10.3 Å². The van der Waals surface area contributed by atoms with Gasteiger partial charge < -0.3 is 9.47 Å². The normalized spacial score (nSPS) is 11.1. The molecule has 0 bridgehead atoms. The van der Waals surface area contributed by atoms with Gasteiger partial charge in [0.05, 0.1) is 30.8 Å². The minimum Gasteiger partial charge on any atom is -0.495 e. The number of esters is 1. The lowest BCUT2D eigenvalue weighted by atomic mass is 10.1. The molecule has 4 aromatic rings. The summed E-state index contributed by atoms with van der Waals surface area (Å²) in [5, 5.41) is 0.348. The Morgan fingerprint density at radius 3 is 2.62 bits per heavy atom. The van der Waals surface area contributed by atoms with Gasteiger partial charge in [-0.3, -0.25) is 18.7 Å². The zero-order valence-electron chi connectivity index (χ0n) is 19.2. The number of ether oxygens (including phenoxy) is 2. The van der Waals surface area contributed by atoms with Crippen molar-refractivity contribution in [1.82, 2.24) is 14.1 Å². The second kappa shape index (κ2) is 10.1. The number of thiazole rings is 1. The molecule has 2 aromatic heterocycles. The van der Waals surface area contributed by atoms with Crippen molar-refractivity contribution in [3.8, 4) is 17.1 Å². The summed E-state index contributed by atoms with van der Waals surface area (Å²) in [6.07, 6.45) is 0. The van der Waals surface area contributed by atoms with Gasteiger partial charge in [-0.05, 0) is 56.8 Å². The molecule has 0 aliphatic heterocycles. The Morgan fingerprint density at radius 2 is 1.91 bits per heavy atom. The lowest BCUT2D eigenvalue weighted by Crippen LogP contribution is -2.22. The van der Waals surface area contributed by atoms with Crippen molar-refractivity contribution in [2.24, 2.45) is 0 Å². The molecule has 0 fully saturated rings. The number of thioether (sulfide) groups is 1. The van der Waals surface area contributed by atoms with Crippen molar-refractivity contribution in [2.45, 2.75) is 25.9 Å². The van der Waals surface area contributed by atoms with Crippen LogP contribution in [0.5, 0.6) is 5.75 Å². The minimum atomic E-state index is -0.384. The molecule has 0 spiro atoms. The Balaban J connectivity index is 2.00. The summed E-state index contributed by atoms with van der Waals surface area (Å²) in [5.41, 5.74) is 3.74. The van der Waals surface area contributed by atoms with E-state index in [1.807, 2.05) is 42.7 Å². The number of hydrogen-bond acceptors (Lipinski definition) is 8. The van der Waals surface area contributed by atoms with Gasteiger partial charge in [-0.1, -0.05) is 52.9 Å². The van der Waals surface area contributed by atoms with Gasteiger partial charge in [0.1, 0.15) is 10.4 Å². The van der Waals surface area contributed by atoms with Crippen LogP contribution in [0.25, 0.3) is 21.7 Å². The molecular weight excluding hydrogens is 490 g/mol. The number of nitrogens with zero attached hydrogens (tertiary/aromatic N) is 3. The van der Waals surface area contributed by atoms with Crippen molar-refractivity contribution < 1.29 is 14.3 Å². The highest BCUT2D eigenvalue weighted by Gasteiger charge is 2.22. The third kappa shape index (κ3) is 4.53. The van der Waals surface area contributed by atoms with E-state index in [1.54, 1.807) is 26.2 Å². The molecule has 2 aromatic carbocycles. The monoisotopic (exact) mass is 513 g/mol. The molecule has 34 heavy (non-hydrogen) atoms. The molecule has 10 heteroatoms. The number of carbonyl (C=O) groups is 1. The van der Waals surface area contributed by atoms with E-state index in [9.17, 15) is 9.59 Å². The highest BCUT2D eigenvalue weighted by atomic mass is 32.2. The van der Waals surface area contributed by atoms with Gasteiger partial charge >= 0.3 is 5.97 Å². The standard InChI is InChI=1S/C24H23N3O4S3/c1-5-31-19(28)13-33-23-25-21-20(22(29)27(23)17-8-6-7-9-18(17)30-4)34-24(32)26(21)16-11-10-14(2)12-15(16)3/h6-12H,5,13H2,1-4H3. The molecule has 0 aliphatic rings. The highest BCUT2D eigenvalue weighted by Crippen LogP contribution is 2.31. The predicted octanol–water partition coefficient (Wildman–Crippen LogP) is 5.25. The predicted molar refractivity (Wildman–Crippen MR) is 139 cm³/mol. The van der Waals surface area contributed by atoms with Crippen molar-refractivity contribution in [3.05, 3.63) is 67.9 Å². The number of aromatic nitrogens is 3. The molecule has 0 saturated heterocycles. The first-order chi connectivity index (χ1) is 16.3. The number of carbonyl (C=O) groups excluding carboxylic acids is 1. The average Bonchev–Trinajstić information content (AvgIpc) is 3.14. The second-order valence-electron chi connectivity index (χ2n) is 7.45. The van der Waals surface area contributed by atoms with Gasteiger partial charge in [0, 0.05) is 0 Å². The first-order valence-corrected chi connectivity index (χ1v) is 12.7. The number of hydrogen-bond donors (Lipinski definition) is 0. The Morgan fingerprint density at radius 1 is 1.15 bits per heavy atom.